The van der Waals surface area contributed by atoms with Gasteiger partial charge < -0.3 is 14.7 Å². The quantitative estimate of drug-likeness (QED) is 0.430. The van der Waals surface area contributed by atoms with Crippen LogP contribution >= 0.6 is 0 Å². The summed E-state index contributed by atoms with van der Waals surface area (Å²) in [6, 6.07) is -0.460. The first-order chi connectivity index (χ1) is 7.83. The second kappa shape index (κ2) is 5.25. The Balaban J connectivity index is 2.55. The fraction of sp³-hybridized carbons (Fsp3) is 0.900. The second-order valence-corrected chi connectivity index (χ2v) is 5.05. The highest BCUT2D eigenvalue weighted by Crippen LogP contribution is 2.17. The molecule has 1 aliphatic rings. The summed E-state index contributed by atoms with van der Waals surface area (Å²) in [5, 5.41) is 13.2. The molecule has 0 unspecified atom stereocenters. The van der Waals surface area contributed by atoms with Gasteiger partial charge in [0.25, 0.3) is 0 Å². The largest absolute Gasteiger partial charge is 0.444 e. The number of rotatable bonds is 1. The van der Waals surface area contributed by atoms with Crippen molar-refractivity contribution < 1.29 is 14.6 Å². The molecule has 0 bridgehead atoms. The number of carbonyl (C=O) groups excluding carboxylic acids is 1. The zero-order valence-electron chi connectivity index (χ0n) is 10.3. The van der Waals surface area contributed by atoms with Crippen molar-refractivity contribution in [1.29, 1.82) is 0 Å². The minimum atomic E-state index is -0.827. The molecule has 1 N–H and O–H groups in total. The summed E-state index contributed by atoms with van der Waals surface area (Å²) in [6.45, 7) is 5.92. The molecule has 1 aliphatic heterocycles. The number of aliphatic hydroxyl groups excluding tert-OH is 1. The van der Waals surface area contributed by atoms with Crippen LogP contribution in [0.2, 0.25) is 0 Å². The van der Waals surface area contributed by atoms with E-state index in [4.69, 9.17) is 10.3 Å². The highest BCUT2D eigenvalue weighted by atomic mass is 16.6. The number of nitrogens with zero attached hydrogens (tertiary/aromatic N) is 4. The van der Waals surface area contributed by atoms with Gasteiger partial charge in [-0.2, -0.15) is 0 Å². The van der Waals surface area contributed by atoms with Crippen molar-refractivity contribution in [2.45, 2.75) is 44.9 Å². The van der Waals surface area contributed by atoms with E-state index >= 15 is 0 Å². The first kappa shape index (κ1) is 13.6. The maximum absolute atomic E-state index is 11.7. The van der Waals surface area contributed by atoms with E-state index in [2.05, 4.69) is 10.0 Å². The predicted octanol–water partition coefficient (Wildman–Crippen LogP) is 1.67. The Kier molecular flexibility index (Phi) is 4.20. The van der Waals surface area contributed by atoms with Crippen LogP contribution < -0.4 is 0 Å². The molecule has 1 amide bonds. The van der Waals surface area contributed by atoms with Gasteiger partial charge in [0.15, 0.2) is 0 Å². The zero-order chi connectivity index (χ0) is 13.1. The monoisotopic (exact) mass is 242 g/mol. The van der Waals surface area contributed by atoms with E-state index < -0.39 is 23.8 Å². The van der Waals surface area contributed by atoms with Crippen LogP contribution in [0.1, 0.15) is 27.2 Å². The number of amides is 1. The predicted molar refractivity (Wildman–Crippen MR) is 61.4 cm³/mol. The van der Waals surface area contributed by atoms with E-state index in [9.17, 15) is 9.90 Å². The molecule has 0 aliphatic carbocycles. The Bertz CT molecular complexity index is 333. The summed E-state index contributed by atoms with van der Waals surface area (Å²) in [4.78, 5) is 15.8. The SMILES string of the molecule is CC(C)(C)OC(=O)N1CC[C@H](N=[N+]=[N-])[C@H](O)C1. The van der Waals surface area contributed by atoms with Crippen molar-refractivity contribution in [1.82, 2.24) is 4.90 Å². The molecule has 7 heteroatoms. The molecular weight excluding hydrogens is 224 g/mol. The number of hydrogen-bond acceptors (Lipinski definition) is 4. The smallest absolute Gasteiger partial charge is 0.410 e. The average Bonchev–Trinajstić information content (AvgIpc) is 2.18. The van der Waals surface area contributed by atoms with Crippen molar-refractivity contribution in [3.63, 3.8) is 0 Å². The third-order valence-electron chi connectivity index (χ3n) is 2.40. The highest BCUT2D eigenvalue weighted by molar-refractivity contribution is 5.68. The van der Waals surface area contributed by atoms with Gasteiger partial charge >= 0.3 is 6.09 Å². The van der Waals surface area contributed by atoms with Crippen molar-refractivity contribution in [2.75, 3.05) is 13.1 Å². The molecule has 1 fully saturated rings. The normalized spacial score (nSPS) is 25.1. The van der Waals surface area contributed by atoms with Crippen molar-refractivity contribution in [3.8, 4) is 0 Å². The molecule has 7 nitrogen and oxygen atoms in total. The Morgan fingerprint density at radius 1 is 1.59 bits per heavy atom. The third-order valence-corrected chi connectivity index (χ3v) is 2.40. The molecule has 0 radical (unpaired) electrons. The number of carbonyl (C=O) groups is 1. The van der Waals surface area contributed by atoms with Crippen LogP contribution in [0.3, 0.4) is 0 Å². The summed E-state index contributed by atoms with van der Waals surface area (Å²) < 4.78 is 5.19. The van der Waals surface area contributed by atoms with Gasteiger partial charge in [-0.25, -0.2) is 4.79 Å². The van der Waals surface area contributed by atoms with Crippen molar-refractivity contribution in [2.24, 2.45) is 5.11 Å². The lowest BCUT2D eigenvalue weighted by molar-refractivity contribution is -0.000571. The van der Waals surface area contributed by atoms with Gasteiger partial charge in [0.2, 0.25) is 0 Å². The topological polar surface area (TPSA) is 98.5 Å². The molecule has 1 heterocycles. The van der Waals surface area contributed by atoms with E-state index in [0.717, 1.165) is 0 Å². The Labute approximate surface area is 100.0 Å². The van der Waals surface area contributed by atoms with Crippen LogP contribution in [0.15, 0.2) is 5.11 Å². The molecule has 2 atom stereocenters. The molecule has 96 valence electrons. The molecule has 1 rings (SSSR count). The van der Waals surface area contributed by atoms with Gasteiger partial charge in [0, 0.05) is 11.5 Å². The van der Waals surface area contributed by atoms with E-state index in [1.807, 2.05) is 0 Å². The van der Waals surface area contributed by atoms with Gasteiger partial charge in [-0.3, -0.25) is 0 Å². The lowest BCUT2D eigenvalue weighted by atomic mass is 10.0. The maximum atomic E-state index is 11.7. The molecule has 0 aromatic rings. The van der Waals surface area contributed by atoms with Crippen molar-refractivity contribution >= 4 is 6.09 Å². The molecule has 1 saturated heterocycles. The molecule has 0 spiro atoms. The Morgan fingerprint density at radius 3 is 2.71 bits per heavy atom. The summed E-state index contributed by atoms with van der Waals surface area (Å²) in [5.74, 6) is 0. The minimum Gasteiger partial charge on any atom is -0.444 e. The molecule has 17 heavy (non-hydrogen) atoms. The maximum Gasteiger partial charge on any atom is 0.410 e. The van der Waals surface area contributed by atoms with E-state index in [1.54, 1.807) is 20.8 Å². The zero-order valence-corrected chi connectivity index (χ0v) is 10.3. The lowest BCUT2D eigenvalue weighted by Crippen LogP contribution is -2.49. The van der Waals surface area contributed by atoms with Crippen LogP contribution in [0.5, 0.6) is 0 Å². The Hall–Kier alpha value is -1.46. The number of piperidine rings is 1. The summed E-state index contributed by atoms with van der Waals surface area (Å²) >= 11 is 0. The lowest BCUT2D eigenvalue weighted by Gasteiger charge is -2.34. The minimum absolute atomic E-state index is 0.137. The molecule has 0 aromatic carbocycles. The standard InChI is InChI=1S/C10H18N4O3/c1-10(2,3)17-9(16)14-5-4-7(12-13-11)8(15)6-14/h7-8,15H,4-6H2,1-3H3/t7-,8+/m0/s1. The van der Waals surface area contributed by atoms with Gasteiger partial charge in [-0.05, 0) is 32.7 Å². The van der Waals surface area contributed by atoms with Crippen LogP contribution in [0.25, 0.3) is 10.4 Å². The fourth-order valence-corrected chi connectivity index (χ4v) is 1.61. The van der Waals surface area contributed by atoms with Gasteiger partial charge in [-0.1, -0.05) is 5.11 Å². The van der Waals surface area contributed by atoms with Crippen LogP contribution in [0.4, 0.5) is 4.79 Å². The van der Waals surface area contributed by atoms with E-state index in [1.165, 1.54) is 4.90 Å². The van der Waals surface area contributed by atoms with Crippen LogP contribution in [0, 0.1) is 0 Å². The molecule has 0 saturated carbocycles. The number of β-amino-alcohol motifs (C(OH)–C–C–N with tert-alkyl or cyclic N) is 1. The first-order valence-corrected chi connectivity index (χ1v) is 5.53. The number of likely N-dealkylation sites (tertiary alicyclic amines) is 1. The second-order valence-electron chi connectivity index (χ2n) is 5.05. The van der Waals surface area contributed by atoms with Gasteiger partial charge in [0.1, 0.15) is 5.60 Å². The van der Waals surface area contributed by atoms with Crippen LogP contribution in [-0.2, 0) is 4.74 Å². The number of aliphatic hydroxyl groups is 1. The summed E-state index contributed by atoms with van der Waals surface area (Å²) in [7, 11) is 0. The van der Waals surface area contributed by atoms with E-state index in [-0.39, 0.29) is 6.54 Å². The van der Waals surface area contributed by atoms with Crippen LogP contribution in [-0.4, -0.2) is 46.9 Å². The third kappa shape index (κ3) is 4.13. The molecule has 0 aromatic heterocycles. The summed E-state index contributed by atoms with van der Waals surface area (Å²) in [5.41, 5.74) is 7.75. The average molecular weight is 242 g/mol. The molecular formula is C10H18N4O3. The van der Waals surface area contributed by atoms with Crippen molar-refractivity contribution in [3.05, 3.63) is 10.4 Å². The summed E-state index contributed by atoms with van der Waals surface area (Å²) in [6.07, 6.45) is -0.826. The fourth-order valence-electron chi connectivity index (χ4n) is 1.61. The highest BCUT2D eigenvalue weighted by Gasteiger charge is 2.31. The number of hydrogen-bond donors (Lipinski definition) is 1. The number of azide groups is 1. The van der Waals surface area contributed by atoms with Gasteiger partial charge in [0.05, 0.1) is 18.7 Å². The Morgan fingerprint density at radius 2 is 2.24 bits per heavy atom. The first-order valence-electron chi connectivity index (χ1n) is 5.53. The van der Waals surface area contributed by atoms with E-state index in [0.29, 0.717) is 13.0 Å². The number of ether oxygens (including phenoxy) is 1. The van der Waals surface area contributed by atoms with Gasteiger partial charge in [-0.15, -0.1) is 0 Å².